The molecule has 1 unspecified atom stereocenters. The number of aromatic nitrogens is 2. The first-order valence-electron chi connectivity index (χ1n) is 6.74. The van der Waals surface area contributed by atoms with Crippen LogP contribution in [0.3, 0.4) is 0 Å². The summed E-state index contributed by atoms with van der Waals surface area (Å²) >= 11 is 0. The summed E-state index contributed by atoms with van der Waals surface area (Å²) in [5.74, 6) is 0.480. The number of aliphatic hydroxyl groups excluding tert-OH is 1. The van der Waals surface area contributed by atoms with Gasteiger partial charge in [0.25, 0.3) is 6.43 Å². The van der Waals surface area contributed by atoms with E-state index < -0.39 is 12.5 Å². The predicted molar refractivity (Wildman–Crippen MR) is 74.5 cm³/mol. The molecule has 2 rings (SSSR count). The lowest BCUT2D eigenvalue weighted by Crippen LogP contribution is -2.11. The summed E-state index contributed by atoms with van der Waals surface area (Å²) in [6.07, 6.45) is -1.09. The standard InChI is InChI=1S/C15H18F2N2O2/c1-3-8-19-13(12(21-2)9-18-19)14(20)10-4-6-11(7-5-10)15(16)17/h4-7,9,14-15,20H,3,8H2,1-2H3. The van der Waals surface area contributed by atoms with E-state index in [1.54, 1.807) is 10.9 Å². The number of aliphatic hydroxyl groups is 1. The number of benzene rings is 1. The van der Waals surface area contributed by atoms with E-state index in [-0.39, 0.29) is 5.56 Å². The molecule has 114 valence electrons. The van der Waals surface area contributed by atoms with Crippen molar-refractivity contribution in [1.29, 1.82) is 0 Å². The Morgan fingerprint density at radius 1 is 1.24 bits per heavy atom. The normalized spacial score (nSPS) is 12.7. The molecule has 0 fully saturated rings. The van der Waals surface area contributed by atoms with E-state index in [9.17, 15) is 13.9 Å². The van der Waals surface area contributed by atoms with Crippen LogP contribution in [0.15, 0.2) is 30.5 Å². The zero-order valence-corrected chi connectivity index (χ0v) is 12.0. The number of hydrogen-bond acceptors (Lipinski definition) is 3. The summed E-state index contributed by atoms with van der Waals surface area (Å²) in [6, 6.07) is 5.62. The highest BCUT2D eigenvalue weighted by Crippen LogP contribution is 2.31. The molecule has 1 aromatic carbocycles. The molecule has 0 bridgehead atoms. The van der Waals surface area contributed by atoms with Crippen LogP contribution >= 0.6 is 0 Å². The van der Waals surface area contributed by atoms with Gasteiger partial charge in [0, 0.05) is 12.1 Å². The molecule has 2 aromatic rings. The van der Waals surface area contributed by atoms with Crippen molar-refractivity contribution in [1.82, 2.24) is 9.78 Å². The van der Waals surface area contributed by atoms with Gasteiger partial charge >= 0.3 is 0 Å². The highest BCUT2D eigenvalue weighted by Gasteiger charge is 2.21. The van der Waals surface area contributed by atoms with Crippen LogP contribution in [-0.2, 0) is 6.54 Å². The number of alkyl halides is 2. The number of halogens is 2. The Kier molecular flexibility index (Phi) is 4.90. The molecule has 0 radical (unpaired) electrons. The topological polar surface area (TPSA) is 47.3 Å². The molecule has 0 aliphatic rings. The van der Waals surface area contributed by atoms with E-state index in [4.69, 9.17) is 4.74 Å². The largest absolute Gasteiger partial charge is 0.493 e. The minimum Gasteiger partial charge on any atom is -0.493 e. The highest BCUT2D eigenvalue weighted by molar-refractivity contribution is 5.36. The first kappa shape index (κ1) is 15.4. The summed E-state index contributed by atoms with van der Waals surface area (Å²) in [7, 11) is 1.50. The maximum atomic E-state index is 12.6. The Morgan fingerprint density at radius 3 is 2.38 bits per heavy atom. The van der Waals surface area contributed by atoms with Gasteiger partial charge in [-0.15, -0.1) is 0 Å². The molecular weight excluding hydrogens is 278 g/mol. The predicted octanol–water partition coefficient (Wildman–Crippen LogP) is 3.32. The third kappa shape index (κ3) is 3.21. The molecule has 1 N–H and O–H groups in total. The lowest BCUT2D eigenvalue weighted by molar-refractivity contribution is 0.151. The van der Waals surface area contributed by atoms with E-state index in [1.165, 1.54) is 31.4 Å². The zero-order chi connectivity index (χ0) is 15.4. The van der Waals surface area contributed by atoms with Crippen molar-refractivity contribution in [2.24, 2.45) is 0 Å². The summed E-state index contributed by atoms with van der Waals surface area (Å²) < 4.78 is 32.0. The second-order valence-electron chi connectivity index (χ2n) is 4.69. The number of aryl methyl sites for hydroxylation is 1. The van der Waals surface area contributed by atoms with Gasteiger partial charge in [0.1, 0.15) is 11.8 Å². The second-order valence-corrected chi connectivity index (χ2v) is 4.69. The van der Waals surface area contributed by atoms with Gasteiger partial charge in [-0.1, -0.05) is 31.2 Å². The Labute approximate surface area is 122 Å². The van der Waals surface area contributed by atoms with Gasteiger partial charge in [-0.2, -0.15) is 5.10 Å². The number of nitrogens with zero attached hydrogens (tertiary/aromatic N) is 2. The van der Waals surface area contributed by atoms with Crippen LogP contribution in [0.5, 0.6) is 5.75 Å². The van der Waals surface area contributed by atoms with Crippen molar-refractivity contribution >= 4 is 0 Å². The molecular formula is C15H18F2N2O2. The molecule has 0 aliphatic carbocycles. The lowest BCUT2D eigenvalue weighted by atomic mass is 10.0. The van der Waals surface area contributed by atoms with Crippen molar-refractivity contribution in [2.45, 2.75) is 32.4 Å². The SMILES string of the molecule is CCCn1ncc(OC)c1C(O)c1ccc(C(F)F)cc1. The Balaban J connectivity index is 2.34. The molecule has 0 spiro atoms. The molecule has 0 aliphatic heterocycles. The molecule has 0 saturated carbocycles. The van der Waals surface area contributed by atoms with E-state index >= 15 is 0 Å². The third-order valence-electron chi connectivity index (χ3n) is 3.26. The summed E-state index contributed by atoms with van der Waals surface area (Å²) in [6.45, 7) is 2.65. The van der Waals surface area contributed by atoms with Gasteiger partial charge in [0.15, 0.2) is 5.75 Å². The Hall–Kier alpha value is -1.95. The van der Waals surface area contributed by atoms with Gasteiger partial charge in [0.05, 0.1) is 13.3 Å². The number of methoxy groups -OCH3 is 1. The van der Waals surface area contributed by atoms with Crippen LogP contribution < -0.4 is 4.74 Å². The minimum atomic E-state index is -2.52. The van der Waals surface area contributed by atoms with E-state index in [1.807, 2.05) is 6.92 Å². The van der Waals surface area contributed by atoms with Crippen LogP contribution in [0.25, 0.3) is 0 Å². The van der Waals surface area contributed by atoms with Gasteiger partial charge in [0.2, 0.25) is 0 Å². The monoisotopic (exact) mass is 296 g/mol. The Morgan fingerprint density at radius 2 is 1.86 bits per heavy atom. The molecule has 0 saturated heterocycles. The van der Waals surface area contributed by atoms with Gasteiger partial charge in [-0.3, -0.25) is 4.68 Å². The van der Waals surface area contributed by atoms with Crippen molar-refractivity contribution in [3.8, 4) is 5.75 Å². The quantitative estimate of drug-likeness (QED) is 0.889. The maximum absolute atomic E-state index is 12.6. The van der Waals surface area contributed by atoms with Gasteiger partial charge in [-0.25, -0.2) is 8.78 Å². The van der Waals surface area contributed by atoms with Crippen LogP contribution in [0.4, 0.5) is 8.78 Å². The first-order chi connectivity index (χ1) is 10.1. The smallest absolute Gasteiger partial charge is 0.263 e. The molecule has 1 atom stereocenters. The number of ether oxygens (including phenoxy) is 1. The molecule has 21 heavy (non-hydrogen) atoms. The van der Waals surface area contributed by atoms with E-state index in [2.05, 4.69) is 5.10 Å². The van der Waals surface area contributed by atoms with E-state index in [0.29, 0.717) is 23.6 Å². The van der Waals surface area contributed by atoms with Crippen molar-refractivity contribution in [3.05, 3.63) is 47.3 Å². The highest BCUT2D eigenvalue weighted by atomic mass is 19.3. The van der Waals surface area contributed by atoms with Crippen molar-refractivity contribution < 1.29 is 18.6 Å². The van der Waals surface area contributed by atoms with Crippen LogP contribution in [0.2, 0.25) is 0 Å². The average Bonchev–Trinajstić information content (AvgIpc) is 2.90. The maximum Gasteiger partial charge on any atom is 0.263 e. The van der Waals surface area contributed by atoms with Crippen molar-refractivity contribution in [2.75, 3.05) is 7.11 Å². The lowest BCUT2D eigenvalue weighted by Gasteiger charge is -2.15. The number of rotatable bonds is 6. The van der Waals surface area contributed by atoms with Gasteiger partial charge in [-0.05, 0) is 12.0 Å². The van der Waals surface area contributed by atoms with E-state index in [0.717, 1.165) is 6.42 Å². The Bertz CT molecular complexity index is 582. The summed E-state index contributed by atoms with van der Waals surface area (Å²) in [5.41, 5.74) is 0.986. The fourth-order valence-electron chi connectivity index (χ4n) is 2.18. The minimum absolute atomic E-state index is 0.0695. The zero-order valence-electron chi connectivity index (χ0n) is 12.0. The number of hydrogen-bond donors (Lipinski definition) is 1. The van der Waals surface area contributed by atoms with Crippen LogP contribution in [0, 0.1) is 0 Å². The molecule has 6 heteroatoms. The third-order valence-corrected chi connectivity index (χ3v) is 3.26. The average molecular weight is 296 g/mol. The fourth-order valence-corrected chi connectivity index (χ4v) is 2.18. The molecule has 4 nitrogen and oxygen atoms in total. The summed E-state index contributed by atoms with van der Waals surface area (Å²) in [5, 5.41) is 14.7. The van der Waals surface area contributed by atoms with Crippen LogP contribution in [0.1, 0.15) is 42.7 Å². The molecule has 1 aromatic heterocycles. The fraction of sp³-hybridized carbons (Fsp3) is 0.400. The second kappa shape index (κ2) is 6.67. The molecule has 0 amide bonds. The van der Waals surface area contributed by atoms with Crippen LogP contribution in [-0.4, -0.2) is 22.0 Å². The van der Waals surface area contributed by atoms with Gasteiger partial charge < -0.3 is 9.84 Å². The first-order valence-corrected chi connectivity index (χ1v) is 6.74. The summed E-state index contributed by atoms with van der Waals surface area (Å²) in [4.78, 5) is 0. The molecule has 1 heterocycles. The van der Waals surface area contributed by atoms with Crippen molar-refractivity contribution in [3.63, 3.8) is 0 Å².